The van der Waals surface area contributed by atoms with E-state index in [4.69, 9.17) is 0 Å². The van der Waals surface area contributed by atoms with Crippen molar-refractivity contribution in [1.29, 1.82) is 0 Å². The number of carboxylic acid groups (broad SMARTS) is 1. The molecule has 0 atom stereocenters. The third kappa shape index (κ3) is 3.03. The Hall–Kier alpha value is -1.21. The highest BCUT2D eigenvalue weighted by atomic mass is 32.2. The van der Waals surface area contributed by atoms with Crippen LogP contribution in [0.15, 0.2) is 23.1 Å². The average Bonchev–Trinajstić information content (AvgIpc) is 2.37. The van der Waals surface area contributed by atoms with Crippen LogP contribution in [-0.2, 0) is 9.84 Å². The van der Waals surface area contributed by atoms with Crippen molar-refractivity contribution in [2.45, 2.75) is 4.90 Å². The van der Waals surface area contributed by atoms with Gasteiger partial charge in [-0.05, 0) is 18.4 Å². The van der Waals surface area contributed by atoms with Crippen molar-refractivity contribution < 1.29 is 18.3 Å². The number of anilines is 1. The van der Waals surface area contributed by atoms with E-state index in [1.165, 1.54) is 11.8 Å². The summed E-state index contributed by atoms with van der Waals surface area (Å²) < 4.78 is 22.8. The molecule has 1 aliphatic heterocycles. The van der Waals surface area contributed by atoms with Crippen LogP contribution in [0, 0.1) is 0 Å². The van der Waals surface area contributed by atoms with Crippen LogP contribution in [0.25, 0.3) is 0 Å². The van der Waals surface area contributed by atoms with E-state index in [9.17, 15) is 18.3 Å². The molecule has 104 valence electrons. The highest BCUT2D eigenvalue weighted by molar-refractivity contribution is 7.98. The van der Waals surface area contributed by atoms with E-state index < -0.39 is 15.8 Å². The summed E-state index contributed by atoms with van der Waals surface area (Å²) in [5.74, 6) is -0.821. The molecule has 1 aromatic carbocycles. The fourth-order valence-corrected chi connectivity index (χ4v) is 3.93. The molecule has 0 spiro atoms. The first kappa shape index (κ1) is 14.2. The summed E-state index contributed by atoms with van der Waals surface area (Å²) in [4.78, 5) is 13.9. The summed E-state index contributed by atoms with van der Waals surface area (Å²) in [5.41, 5.74) is 0.864. The van der Waals surface area contributed by atoms with Crippen LogP contribution in [0.2, 0.25) is 0 Å². The second-order valence-corrected chi connectivity index (χ2v) is 7.45. The highest BCUT2D eigenvalue weighted by Crippen LogP contribution is 2.30. The van der Waals surface area contributed by atoms with Gasteiger partial charge in [0.2, 0.25) is 0 Å². The van der Waals surface area contributed by atoms with Gasteiger partial charge in [-0.3, -0.25) is 0 Å². The van der Waals surface area contributed by atoms with E-state index in [1.54, 1.807) is 18.2 Å². The summed E-state index contributed by atoms with van der Waals surface area (Å²) >= 11 is 1.38. The van der Waals surface area contributed by atoms with Crippen molar-refractivity contribution >= 4 is 33.3 Å². The van der Waals surface area contributed by atoms with Crippen LogP contribution in [0.3, 0.4) is 0 Å². The van der Waals surface area contributed by atoms with Gasteiger partial charge in [0.1, 0.15) is 0 Å². The topological polar surface area (TPSA) is 74.7 Å². The van der Waals surface area contributed by atoms with Gasteiger partial charge in [-0.15, -0.1) is 11.8 Å². The maximum absolute atomic E-state index is 11.4. The minimum absolute atomic E-state index is 0.0789. The zero-order valence-electron chi connectivity index (χ0n) is 10.5. The Morgan fingerprint density at radius 1 is 1.32 bits per heavy atom. The summed E-state index contributed by atoms with van der Waals surface area (Å²) in [7, 11) is -2.97. The highest BCUT2D eigenvalue weighted by Gasteiger charge is 2.25. The molecule has 0 aliphatic carbocycles. The normalized spacial score (nSPS) is 18.3. The summed E-state index contributed by atoms with van der Waals surface area (Å²) in [6.45, 7) is 0.695. The number of carboxylic acids is 1. The molecule has 2 rings (SSSR count). The number of nitrogens with zero attached hydrogens (tertiary/aromatic N) is 1. The van der Waals surface area contributed by atoms with Crippen LogP contribution in [0.4, 0.5) is 5.69 Å². The van der Waals surface area contributed by atoms with E-state index in [-0.39, 0.29) is 17.1 Å². The number of aromatic carboxylic acids is 1. The largest absolute Gasteiger partial charge is 0.478 e. The Labute approximate surface area is 116 Å². The van der Waals surface area contributed by atoms with Gasteiger partial charge in [0.25, 0.3) is 0 Å². The average molecular weight is 301 g/mol. The van der Waals surface area contributed by atoms with Crippen LogP contribution in [0.1, 0.15) is 10.4 Å². The molecule has 0 saturated carbocycles. The molecule has 1 saturated heterocycles. The molecule has 1 aliphatic rings. The van der Waals surface area contributed by atoms with Crippen molar-refractivity contribution in [1.82, 2.24) is 0 Å². The standard InChI is InChI=1S/C12H15NO4S2/c1-18-10-4-2-3-9(11(10)12(14)15)13-5-7-19(16,17)8-6-13/h2-4H,5-8H2,1H3,(H,14,15). The molecule has 1 heterocycles. The minimum atomic E-state index is -2.97. The molecule has 0 unspecified atom stereocenters. The smallest absolute Gasteiger partial charge is 0.338 e. The zero-order chi connectivity index (χ0) is 14.0. The molecule has 19 heavy (non-hydrogen) atoms. The number of hydrogen-bond acceptors (Lipinski definition) is 5. The lowest BCUT2D eigenvalue weighted by atomic mass is 10.1. The molecule has 7 heteroatoms. The summed E-state index contributed by atoms with van der Waals surface area (Å²) in [5, 5.41) is 9.35. The quantitative estimate of drug-likeness (QED) is 0.849. The van der Waals surface area contributed by atoms with Gasteiger partial charge < -0.3 is 10.0 Å². The zero-order valence-corrected chi connectivity index (χ0v) is 12.1. The molecule has 0 amide bonds. The van der Waals surface area contributed by atoms with Gasteiger partial charge in [-0.25, -0.2) is 13.2 Å². The van der Waals surface area contributed by atoms with E-state index in [0.717, 1.165) is 0 Å². The lowest BCUT2D eigenvalue weighted by Crippen LogP contribution is -2.41. The fraction of sp³-hybridized carbons (Fsp3) is 0.417. The molecule has 1 N–H and O–H groups in total. The lowest BCUT2D eigenvalue weighted by Gasteiger charge is -2.30. The monoisotopic (exact) mass is 301 g/mol. The van der Waals surface area contributed by atoms with Crippen molar-refractivity contribution in [3.63, 3.8) is 0 Å². The first-order valence-corrected chi connectivity index (χ1v) is 8.85. The van der Waals surface area contributed by atoms with Crippen molar-refractivity contribution in [3.05, 3.63) is 23.8 Å². The maximum atomic E-state index is 11.4. The van der Waals surface area contributed by atoms with E-state index >= 15 is 0 Å². The Morgan fingerprint density at radius 2 is 1.95 bits per heavy atom. The van der Waals surface area contributed by atoms with Crippen molar-refractivity contribution in [2.24, 2.45) is 0 Å². The summed E-state index contributed by atoms with van der Waals surface area (Å²) in [6.07, 6.45) is 1.83. The Kier molecular flexibility index (Phi) is 4.05. The summed E-state index contributed by atoms with van der Waals surface area (Å²) in [6, 6.07) is 5.30. The molecular weight excluding hydrogens is 286 g/mol. The Balaban J connectivity index is 2.38. The van der Waals surface area contributed by atoms with Crippen molar-refractivity contribution in [2.75, 3.05) is 35.8 Å². The van der Waals surface area contributed by atoms with Crippen LogP contribution >= 0.6 is 11.8 Å². The maximum Gasteiger partial charge on any atom is 0.338 e. The first-order valence-electron chi connectivity index (χ1n) is 5.80. The first-order chi connectivity index (χ1) is 8.94. The molecule has 0 bridgehead atoms. The van der Waals surface area contributed by atoms with Gasteiger partial charge in [-0.1, -0.05) is 6.07 Å². The van der Waals surface area contributed by atoms with Crippen LogP contribution < -0.4 is 4.90 Å². The molecule has 0 aromatic heterocycles. The third-order valence-corrected chi connectivity index (χ3v) is 5.51. The predicted molar refractivity (Wildman–Crippen MR) is 76.0 cm³/mol. The van der Waals surface area contributed by atoms with Crippen LogP contribution in [-0.4, -0.2) is 50.3 Å². The number of benzene rings is 1. The molecular formula is C12H15NO4S2. The van der Waals surface area contributed by atoms with Gasteiger partial charge in [0.15, 0.2) is 9.84 Å². The van der Waals surface area contributed by atoms with Gasteiger partial charge in [0, 0.05) is 18.0 Å². The Morgan fingerprint density at radius 3 is 2.47 bits per heavy atom. The van der Waals surface area contributed by atoms with Crippen LogP contribution in [0.5, 0.6) is 0 Å². The molecule has 1 fully saturated rings. The second-order valence-electron chi connectivity index (χ2n) is 4.30. The van der Waals surface area contributed by atoms with E-state index in [0.29, 0.717) is 23.7 Å². The fourth-order valence-electron chi connectivity index (χ4n) is 2.12. The predicted octanol–water partition coefficient (Wildman–Crippen LogP) is 1.34. The van der Waals surface area contributed by atoms with Gasteiger partial charge in [0.05, 0.1) is 22.8 Å². The molecule has 1 aromatic rings. The van der Waals surface area contributed by atoms with E-state index in [2.05, 4.69) is 0 Å². The second kappa shape index (κ2) is 5.42. The SMILES string of the molecule is CSc1cccc(N2CCS(=O)(=O)CC2)c1C(=O)O. The van der Waals surface area contributed by atoms with E-state index in [1.807, 2.05) is 11.2 Å². The third-order valence-electron chi connectivity index (χ3n) is 3.12. The van der Waals surface area contributed by atoms with Gasteiger partial charge >= 0.3 is 5.97 Å². The number of hydrogen-bond donors (Lipinski definition) is 1. The Bertz CT molecular complexity index is 584. The molecule has 0 radical (unpaired) electrons. The number of rotatable bonds is 3. The molecule has 5 nitrogen and oxygen atoms in total. The van der Waals surface area contributed by atoms with Crippen molar-refractivity contribution in [3.8, 4) is 0 Å². The number of sulfone groups is 1. The minimum Gasteiger partial charge on any atom is -0.478 e. The number of carbonyl (C=O) groups is 1. The lowest BCUT2D eigenvalue weighted by molar-refractivity contribution is 0.0694. The van der Waals surface area contributed by atoms with Gasteiger partial charge in [-0.2, -0.15) is 0 Å². The number of thioether (sulfide) groups is 1.